The van der Waals surface area contributed by atoms with Crippen LogP contribution in [-0.4, -0.2) is 32.2 Å². The average molecular weight is 172 g/mol. The topological polar surface area (TPSA) is 63.6 Å². The first-order chi connectivity index (χ1) is 4.42. The van der Waals surface area contributed by atoms with E-state index in [1.807, 2.05) is 0 Å². The molecule has 4 nitrogen and oxygen atoms in total. The predicted molar refractivity (Wildman–Crippen MR) is 32.5 cm³/mol. The lowest BCUT2D eigenvalue weighted by atomic mass is 10.7. The van der Waals surface area contributed by atoms with Gasteiger partial charge < -0.3 is 9.84 Å². The molecule has 0 radical (unpaired) electrons. The van der Waals surface area contributed by atoms with Crippen LogP contribution >= 0.6 is 0 Å². The molecule has 1 atom stereocenters. The molecule has 6 heteroatoms. The maximum Gasteiger partial charge on any atom is 0.304 e. The third-order valence-corrected chi connectivity index (χ3v) is 1.34. The van der Waals surface area contributed by atoms with Gasteiger partial charge in [0.2, 0.25) is 0 Å². The number of aliphatic hydroxyl groups is 1. The predicted octanol–water partition coefficient (Wildman–Crippen LogP) is -0.359. The molecular weight excluding hydrogens is 163 g/mol. The van der Waals surface area contributed by atoms with Crippen LogP contribution in [0.3, 0.4) is 0 Å². The Labute approximate surface area is 58.8 Å². The first-order valence-electron chi connectivity index (χ1n) is 2.64. The monoisotopic (exact) mass is 172 g/mol. The van der Waals surface area contributed by atoms with Crippen molar-refractivity contribution >= 4 is 10.2 Å². The van der Waals surface area contributed by atoms with Crippen LogP contribution in [0.1, 0.15) is 6.92 Å². The van der Waals surface area contributed by atoms with Gasteiger partial charge in [0, 0.05) is 0 Å². The van der Waals surface area contributed by atoms with E-state index in [1.165, 1.54) is 6.92 Å². The molecule has 1 N–H and O–H groups in total. The fraction of sp³-hybridized carbons (Fsp3) is 1.00. The summed E-state index contributed by atoms with van der Waals surface area (Å²) in [6.07, 6.45) is -1.05. The second kappa shape index (κ2) is 3.85. The molecule has 0 amide bonds. The highest BCUT2D eigenvalue weighted by molar-refractivity contribution is 7.86. The molecule has 0 aromatic rings. The summed E-state index contributed by atoms with van der Waals surface area (Å²) in [5.41, 5.74) is 0. The van der Waals surface area contributed by atoms with Crippen molar-refractivity contribution in [2.45, 2.75) is 13.2 Å². The molecule has 1 unspecified atom stereocenters. The molecule has 0 aromatic heterocycles. The van der Waals surface area contributed by atoms with Gasteiger partial charge in [-0.1, -0.05) is 0 Å². The van der Waals surface area contributed by atoms with Gasteiger partial charge in [-0.2, -0.15) is 8.42 Å². The Morgan fingerprint density at radius 3 is 2.50 bits per heavy atom. The molecule has 0 aliphatic rings. The van der Waals surface area contributed by atoms with Gasteiger partial charge >= 0.3 is 10.2 Å². The summed E-state index contributed by atoms with van der Waals surface area (Å²) >= 11 is 0. The Morgan fingerprint density at radius 1 is 1.70 bits per heavy atom. The highest BCUT2D eigenvalue weighted by Gasteiger charge is 2.06. The van der Waals surface area contributed by atoms with Crippen LogP contribution < -0.4 is 0 Å². The van der Waals surface area contributed by atoms with Crippen LogP contribution in [0.15, 0.2) is 0 Å². The van der Waals surface area contributed by atoms with Gasteiger partial charge in [-0.3, -0.25) is 0 Å². The molecule has 10 heavy (non-hydrogen) atoms. The van der Waals surface area contributed by atoms with Gasteiger partial charge in [0.25, 0.3) is 0 Å². The van der Waals surface area contributed by atoms with E-state index in [1.54, 1.807) is 0 Å². The Balaban J connectivity index is 3.39. The van der Waals surface area contributed by atoms with E-state index in [0.29, 0.717) is 0 Å². The summed E-state index contributed by atoms with van der Waals surface area (Å²) in [6, 6.07) is 0. The molecule has 0 aliphatic carbocycles. The van der Waals surface area contributed by atoms with Gasteiger partial charge in [-0.25, -0.2) is 0 Å². The van der Waals surface area contributed by atoms with Crippen LogP contribution in [0.25, 0.3) is 0 Å². The minimum absolute atomic E-state index is 0.323. The van der Waals surface area contributed by atoms with E-state index in [4.69, 9.17) is 5.11 Å². The molecule has 0 saturated heterocycles. The van der Waals surface area contributed by atoms with Crippen molar-refractivity contribution in [2.24, 2.45) is 0 Å². The summed E-state index contributed by atoms with van der Waals surface area (Å²) in [5, 5.41) is 8.41. The smallest absolute Gasteiger partial charge is 0.304 e. The largest absolute Gasteiger partial charge is 0.368 e. The van der Waals surface area contributed by atoms with Gasteiger partial charge in [0.15, 0.2) is 6.29 Å². The van der Waals surface area contributed by atoms with E-state index in [-0.39, 0.29) is 6.61 Å². The number of rotatable bonds is 4. The lowest BCUT2D eigenvalue weighted by molar-refractivity contribution is -0.0793. The average Bonchev–Trinajstić information content (AvgIpc) is 1.59. The normalized spacial score (nSPS) is 15.1. The zero-order chi connectivity index (χ0) is 8.20. The van der Waals surface area contributed by atoms with E-state index < -0.39 is 22.3 Å². The third-order valence-electron chi connectivity index (χ3n) is 0.686. The van der Waals surface area contributed by atoms with Crippen LogP contribution in [0.4, 0.5) is 3.89 Å². The summed E-state index contributed by atoms with van der Waals surface area (Å²) in [7, 11) is -4.46. The SMILES string of the molecule is CC(O)OCCS(=O)(=O)F. The molecular formula is C4H9FO4S. The minimum atomic E-state index is -4.46. The number of hydrogen-bond acceptors (Lipinski definition) is 4. The lowest BCUT2D eigenvalue weighted by Crippen LogP contribution is -2.13. The first kappa shape index (κ1) is 9.80. The second-order valence-corrected chi connectivity index (χ2v) is 3.20. The van der Waals surface area contributed by atoms with E-state index in [0.717, 1.165) is 0 Å². The Bertz CT molecular complexity index is 174. The van der Waals surface area contributed by atoms with Gasteiger partial charge in [0.1, 0.15) is 5.75 Å². The van der Waals surface area contributed by atoms with Crippen LogP contribution in [0, 0.1) is 0 Å². The summed E-state index contributed by atoms with van der Waals surface area (Å²) < 4.78 is 35.6. The van der Waals surface area contributed by atoms with Gasteiger partial charge in [-0.15, -0.1) is 3.89 Å². The zero-order valence-corrected chi connectivity index (χ0v) is 6.27. The van der Waals surface area contributed by atoms with Gasteiger partial charge in [0.05, 0.1) is 6.61 Å². The fourth-order valence-electron chi connectivity index (χ4n) is 0.318. The van der Waals surface area contributed by atoms with Crippen LogP contribution in [0.2, 0.25) is 0 Å². The van der Waals surface area contributed by atoms with Crippen molar-refractivity contribution in [2.75, 3.05) is 12.4 Å². The molecule has 0 saturated carbocycles. The maximum absolute atomic E-state index is 11.6. The molecule has 0 fully saturated rings. The van der Waals surface area contributed by atoms with Crippen molar-refractivity contribution in [3.05, 3.63) is 0 Å². The summed E-state index contributed by atoms with van der Waals surface area (Å²) in [4.78, 5) is 0. The van der Waals surface area contributed by atoms with E-state index >= 15 is 0 Å². The Kier molecular flexibility index (Phi) is 3.77. The van der Waals surface area contributed by atoms with Crippen molar-refractivity contribution in [3.63, 3.8) is 0 Å². The summed E-state index contributed by atoms with van der Waals surface area (Å²) in [6.45, 7) is 0.987. The minimum Gasteiger partial charge on any atom is -0.368 e. The summed E-state index contributed by atoms with van der Waals surface area (Å²) in [5.74, 6) is -0.710. The van der Waals surface area contributed by atoms with Crippen molar-refractivity contribution in [3.8, 4) is 0 Å². The molecule has 0 spiro atoms. The fourth-order valence-corrected chi connectivity index (χ4v) is 0.614. The Hall–Kier alpha value is -0.200. The zero-order valence-electron chi connectivity index (χ0n) is 5.45. The highest BCUT2D eigenvalue weighted by atomic mass is 32.3. The highest BCUT2D eigenvalue weighted by Crippen LogP contribution is 1.91. The van der Waals surface area contributed by atoms with Gasteiger partial charge in [-0.05, 0) is 6.92 Å². The number of ether oxygens (including phenoxy) is 1. The molecule has 0 bridgehead atoms. The molecule has 0 rings (SSSR count). The Morgan fingerprint density at radius 2 is 2.20 bits per heavy atom. The number of hydrogen-bond donors (Lipinski definition) is 1. The number of halogens is 1. The van der Waals surface area contributed by atoms with Crippen molar-refractivity contribution in [1.29, 1.82) is 0 Å². The van der Waals surface area contributed by atoms with Crippen molar-refractivity contribution in [1.82, 2.24) is 0 Å². The lowest BCUT2D eigenvalue weighted by Gasteiger charge is -2.02. The quantitative estimate of drug-likeness (QED) is 0.464. The standard InChI is InChI=1S/C4H9FO4S/c1-4(6)9-2-3-10(5,7)8/h4,6H,2-3H2,1H3. The molecule has 0 aliphatic heterocycles. The second-order valence-electron chi connectivity index (χ2n) is 1.71. The molecule has 62 valence electrons. The first-order valence-corrected chi connectivity index (χ1v) is 4.19. The third kappa shape index (κ3) is 7.80. The van der Waals surface area contributed by atoms with E-state index in [2.05, 4.69) is 4.74 Å². The molecule has 0 heterocycles. The number of aliphatic hydroxyl groups excluding tert-OH is 1. The molecule has 0 aromatic carbocycles. The van der Waals surface area contributed by atoms with Crippen LogP contribution in [0.5, 0.6) is 0 Å². The van der Waals surface area contributed by atoms with Crippen molar-refractivity contribution < 1.29 is 22.1 Å². The van der Waals surface area contributed by atoms with Crippen LogP contribution in [-0.2, 0) is 15.0 Å². The van der Waals surface area contributed by atoms with E-state index in [9.17, 15) is 12.3 Å². The maximum atomic E-state index is 11.6.